The molecule has 4 heteroatoms. The third kappa shape index (κ3) is 2.16. The Morgan fingerprint density at radius 2 is 2.00 bits per heavy atom. The molecule has 0 amide bonds. The molecular formula is C14H22N2O2. The molecule has 1 aliphatic carbocycles. The molecule has 1 heterocycles. The summed E-state index contributed by atoms with van der Waals surface area (Å²) in [6.45, 7) is 10.7. The van der Waals surface area contributed by atoms with Gasteiger partial charge in [-0.05, 0) is 45.4 Å². The second-order valence-electron chi connectivity index (χ2n) is 7.00. The Balaban J connectivity index is 2.60. The van der Waals surface area contributed by atoms with E-state index < -0.39 is 5.97 Å². The van der Waals surface area contributed by atoms with Crippen molar-refractivity contribution in [3.05, 3.63) is 17.0 Å². The van der Waals surface area contributed by atoms with E-state index in [-0.39, 0.29) is 16.6 Å². The van der Waals surface area contributed by atoms with Gasteiger partial charge in [-0.3, -0.25) is 4.68 Å². The Labute approximate surface area is 108 Å². The summed E-state index contributed by atoms with van der Waals surface area (Å²) in [4.78, 5) is 11.3. The summed E-state index contributed by atoms with van der Waals surface area (Å²) in [6.07, 6.45) is 2.75. The topological polar surface area (TPSA) is 55.1 Å². The van der Waals surface area contributed by atoms with Crippen LogP contribution in [0, 0.1) is 5.41 Å². The van der Waals surface area contributed by atoms with Gasteiger partial charge in [-0.15, -0.1) is 0 Å². The van der Waals surface area contributed by atoms with Crippen LogP contribution in [0.5, 0.6) is 0 Å². The molecule has 0 unspecified atom stereocenters. The van der Waals surface area contributed by atoms with E-state index in [1.807, 2.05) is 4.68 Å². The van der Waals surface area contributed by atoms with Crippen molar-refractivity contribution < 1.29 is 9.90 Å². The fraction of sp³-hybridized carbons (Fsp3) is 0.714. The number of hydrogen-bond acceptors (Lipinski definition) is 2. The second-order valence-corrected chi connectivity index (χ2v) is 7.00. The average molecular weight is 250 g/mol. The molecule has 1 aliphatic rings. The Morgan fingerprint density at radius 3 is 2.50 bits per heavy atom. The van der Waals surface area contributed by atoms with Crippen LogP contribution in [-0.2, 0) is 18.4 Å². The normalized spacial score (nSPS) is 18.5. The Bertz CT molecular complexity index is 493. The number of carbonyl (C=O) groups is 1. The van der Waals surface area contributed by atoms with E-state index in [0.717, 1.165) is 30.5 Å². The van der Waals surface area contributed by atoms with Crippen molar-refractivity contribution >= 4 is 5.97 Å². The van der Waals surface area contributed by atoms with Crippen molar-refractivity contribution in [3.63, 3.8) is 0 Å². The molecule has 0 fully saturated rings. The van der Waals surface area contributed by atoms with Gasteiger partial charge in [-0.1, -0.05) is 13.8 Å². The van der Waals surface area contributed by atoms with Gasteiger partial charge in [-0.2, -0.15) is 5.10 Å². The summed E-state index contributed by atoms with van der Waals surface area (Å²) in [7, 11) is 0. The molecule has 0 radical (unpaired) electrons. The van der Waals surface area contributed by atoms with Gasteiger partial charge >= 0.3 is 5.97 Å². The van der Waals surface area contributed by atoms with Crippen LogP contribution in [0.25, 0.3) is 0 Å². The monoisotopic (exact) mass is 250 g/mol. The summed E-state index contributed by atoms with van der Waals surface area (Å²) in [5, 5.41) is 13.6. The summed E-state index contributed by atoms with van der Waals surface area (Å²) >= 11 is 0. The second kappa shape index (κ2) is 3.84. The van der Waals surface area contributed by atoms with E-state index in [2.05, 4.69) is 39.7 Å². The molecule has 4 nitrogen and oxygen atoms in total. The number of fused-ring (bicyclic) bond motifs is 1. The van der Waals surface area contributed by atoms with E-state index in [0.29, 0.717) is 0 Å². The van der Waals surface area contributed by atoms with Crippen LogP contribution >= 0.6 is 0 Å². The zero-order valence-corrected chi connectivity index (χ0v) is 11.9. The molecule has 0 aliphatic heterocycles. The lowest BCUT2D eigenvalue weighted by molar-refractivity contribution is 0.0687. The lowest BCUT2D eigenvalue weighted by Crippen LogP contribution is -2.30. The zero-order valence-electron chi connectivity index (χ0n) is 11.9. The Morgan fingerprint density at radius 1 is 1.39 bits per heavy atom. The quantitative estimate of drug-likeness (QED) is 0.833. The first-order valence-electron chi connectivity index (χ1n) is 6.46. The fourth-order valence-corrected chi connectivity index (χ4v) is 2.66. The molecule has 0 spiro atoms. The highest BCUT2D eigenvalue weighted by atomic mass is 16.4. The zero-order chi connectivity index (χ0) is 13.7. The third-order valence-corrected chi connectivity index (χ3v) is 3.63. The molecule has 18 heavy (non-hydrogen) atoms. The van der Waals surface area contributed by atoms with Crippen LogP contribution in [0.15, 0.2) is 0 Å². The van der Waals surface area contributed by atoms with Crippen LogP contribution in [0.1, 0.15) is 62.8 Å². The fourth-order valence-electron chi connectivity index (χ4n) is 2.66. The maximum Gasteiger partial charge on any atom is 0.356 e. The van der Waals surface area contributed by atoms with Gasteiger partial charge in [0.2, 0.25) is 0 Å². The van der Waals surface area contributed by atoms with E-state index >= 15 is 0 Å². The maximum atomic E-state index is 11.3. The minimum Gasteiger partial charge on any atom is -0.476 e. The van der Waals surface area contributed by atoms with E-state index in [1.165, 1.54) is 0 Å². The molecular weight excluding hydrogens is 228 g/mol. The van der Waals surface area contributed by atoms with E-state index in [9.17, 15) is 9.90 Å². The summed E-state index contributed by atoms with van der Waals surface area (Å²) in [5.74, 6) is -0.908. The van der Waals surface area contributed by atoms with Crippen LogP contribution in [0.3, 0.4) is 0 Å². The molecule has 0 aromatic carbocycles. The molecule has 0 saturated carbocycles. The molecule has 1 N–H and O–H groups in total. The van der Waals surface area contributed by atoms with Gasteiger partial charge in [0.15, 0.2) is 5.69 Å². The van der Waals surface area contributed by atoms with Gasteiger partial charge in [0.25, 0.3) is 0 Å². The van der Waals surface area contributed by atoms with Gasteiger partial charge in [0, 0.05) is 11.3 Å². The molecule has 0 atom stereocenters. The molecule has 100 valence electrons. The first-order chi connectivity index (χ1) is 8.12. The highest BCUT2D eigenvalue weighted by Crippen LogP contribution is 2.37. The third-order valence-electron chi connectivity index (χ3n) is 3.63. The maximum absolute atomic E-state index is 11.3. The number of aromatic carboxylic acids is 1. The summed E-state index contributed by atoms with van der Waals surface area (Å²) in [6, 6.07) is 0. The summed E-state index contributed by atoms with van der Waals surface area (Å²) < 4.78 is 1.91. The first-order valence-corrected chi connectivity index (χ1v) is 6.46. The Hall–Kier alpha value is -1.32. The van der Waals surface area contributed by atoms with Gasteiger partial charge in [0.05, 0.1) is 5.54 Å². The van der Waals surface area contributed by atoms with Crippen LogP contribution in [-0.4, -0.2) is 20.9 Å². The van der Waals surface area contributed by atoms with Crippen molar-refractivity contribution in [2.45, 2.75) is 59.4 Å². The standard InChI is InChI=1S/C14H22N2O2/c1-13(2,3)16-10-8-14(4,5)7-6-9(10)11(15-16)12(17)18/h6-8H2,1-5H3,(H,17,18). The van der Waals surface area contributed by atoms with Crippen molar-refractivity contribution in [1.29, 1.82) is 0 Å². The molecule has 0 bridgehead atoms. The number of carboxylic acids is 1. The SMILES string of the molecule is CC1(C)CCc2c(C(=O)O)nn(C(C)(C)C)c2C1. The predicted molar refractivity (Wildman–Crippen MR) is 70.0 cm³/mol. The highest BCUT2D eigenvalue weighted by molar-refractivity contribution is 5.87. The van der Waals surface area contributed by atoms with Crippen molar-refractivity contribution in [2.75, 3.05) is 0 Å². The lowest BCUT2D eigenvalue weighted by Gasteiger charge is -2.32. The first kappa shape index (κ1) is 13.1. The highest BCUT2D eigenvalue weighted by Gasteiger charge is 2.35. The largest absolute Gasteiger partial charge is 0.476 e. The lowest BCUT2D eigenvalue weighted by atomic mass is 9.76. The van der Waals surface area contributed by atoms with Crippen LogP contribution in [0.4, 0.5) is 0 Å². The summed E-state index contributed by atoms with van der Waals surface area (Å²) in [5.41, 5.74) is 2.35. The predicted octanol–water partition coefficient (Wildman–Crippen LogP) is 2.85. The van der Waals surface area contributed by atoms with E-state index in [4.69, 9.17) is 0 Å². The molecule has 2 rings (SSSR count). The van der Waals surface area contributed by atoms with E-state index in [1.54, 1.807) is 0 Å². The van der Waals surface area contributed by atoms with Crippen LogP contribution < -0.4 is 0 Å². The van der Waals surface area contributed by atoms with Gasteiger partial charge < -0.3 is 5.11 Å². The molecule has 0 saturated heterocycles. The number of aromatic nitrogens is 2. The minimum atomic E-state index is -0.908. The van der Waals surface area contributed by atoms with Crippen molar-refractivity contribution in [2.24, 2.45) is 5.41 Å². The number of nitrogens with zero attached hydrogens (tertiary/aromatic N) is 2. The Kier molecular flexibility index (Phi) is 2.80. The number of carboxylic acid groups (broad SMARTS) is 1. The smallest absolute Gasteiger partial charge is 0.356 e. The van der Waals surface area contributed by atoms with Gasteiger partial charge in [-0.25, -0.2) is 4.79 Å². The minimum absolute atomic E-state index is 0.175. The molecule has 1 aromatic rings. The van der Waals surface area contributed by atoms with Gasteiger partial charge in [0.1, 0.15) is 0 Å². The number of rotatable bonds is 1. The van der Waals surface area contributed by atoms with Crippen LogP contribution in [0.2, 0.25) is 0 Å². The number of hydrogen-bond donors (Lipinski definition) is 1. The van der Waals surface area contributed by atoms with Crippen molar-refractivity contribution in [1.82, 2.24) is 9.78 Å². The van der Waals surface area contributed by atoms with Crippen molar-refractivity contribution in [3.8, 4) is 0 Å². The molecule has 1 aromatic heterocycles. The average Bonchev–Trinajstić information content (AvgIpc) is 2.53.